The Morgan fingerprint density at radius 3 is 2.75 bits per heavy atom. The zero-order valence-corrected chi connectivity index (χ0v) is 17.0. The third-order valence-corrected chi connectivity index (χ3v) is 5.17. The highest BCUT2D eigenvalue weighted by atomic mass is 35.5. The normalized spacial score (nSPS) is 18.6. The first-order valence-electron chi connectivity index (χ1n) is 8.86. The standard InChI is InChI=1S/C19H21ClN6O.ClH/c1-25-12-14(8-23-25)16-9-21-10-17(16)19(27)24-18-6-7-22-26(18)11-13-2-4-15(20)5-3-13;/h2-8,12,16-17,21H,9-11H2,1H3,(H,24,27);1H/t16-,17+;/m1./s1. The molecule has 2 atom stereocenters. The molecule has 0 unspecified atom stereocenters. The Kier molecular flexibility index (Phi) is 6.39. The van der Waals surface area contributed by atoms with Crippen LogP contribution in [0.1, 0.15) is 17.0 Å². The van der Waals surface area contributed by atoms with Crippen molar-refractivity contribution in [1.29, 1.82) is 0 Å². The molecule has 148 valence electrons. The van der Waals surface area contributed by atoms with E-state index in [9.17, 15) is 4.79 Å². The molecule has 2 aromatic heterocycles. The molecule has 0 saturated carbocycles. The van der Waals surface area contributed by atoms with Crippen LogP contribution in [0.15, 0.2) is 48.9 Å². The molecule has 3 heterocycles. The number of nitrogens with zero attached hydrogens (tertiary/aromatic N) is 4. The molecular weight excluding hydrogens is 399 g/mol. The summed E-state index contributed by atoms with van der Waals surface area (Å²) >= 11 is 5.94. The van der Waals surface area contributed by atoms with Gasteiger partial charge in [-0.05, 0) is 23.3 Å². The molecule has 1 aliphatic rings. The average molecular weight is 421 g/mol. The second-order valence-electron chi connectivity index (χ2n) is 6.81. The van der Waals surface area contributed by atoms with Crippen molar-refractivity contribution in [2.45, 2.75) is 12.5 Å². The van der Waals surface area contributed by atoms with Crippen molar-refractivity contribution in [3.63, 3.8) is 0 Å². The van der Waals surface area contributed by atoms with Crippen molar-refractivity contribution in [3.05, 3.63) is 65.1 Å². The maximum atomic E-state index is 12.9. The molecule has 28 heavy (non-hydrogen) atoms. The monoisotopic (exact) mass is 420 g/mol. The van der Waals surface area contributed by atoms with E-state index in [1.807, 2.05) is 49.8 Å². The van der Waals surface area contributed by atoms with Crippen LogP contribution in [0.2, 0.25) is 5.02 Å². The second-order valence-corrected chi connectivity index (χ2v) is 7.24. The average Bonchev–Trinajstić information content (AvgIpc) is 3.38. The van der Waals surface area contributed by atoms with Crippen LogP contribution in [-0.4, -0.2) is 38.6 Å². The van der Waals surface area contributed by atoms with Crippen molar-refractivity contribution >= 4 is 35.7 Å². The summed E-state index contributed by atoms with van der Waals surface area (Å²) in [6, 6.07) is 9.42. The molecule has 9 heteroatoms. The molecule has 1 amide bonds. The van der Waals surface area contributed by atoms with Crippen LogP contribution in [0.3, 0.4) is 0 Å². The number of carbonyl (C=O) groups excluding carboxylic acids is 1. The Hall–Kier alpha value is -2.35. The zero-order chi connectivity index (χ0) is 18.8. The number of aryl methyl sites for hydroxylation is 1. The van der Waals surface area contributed by atoms with E-state index in [0.29, 0.717) is 23.9 Å². The fourth-order valence-corrected chi connectivity index (χ4v) is 3.61. The van der Waals surface area contributed by atoms with Crippen molar-refractivity contribution < 1.29 is 4.79 Å². The van der Waals surface area contributed by atoms with Crippen molar-refractivity contribution in [3.8, 4) is 0 Å². The van der Waals surface area contributed by atoms with E-state index in [0.717, 1.165) is 17.7 Å². The topological polar surface area (TPSA) is 76.8 Å². The minimum absolute atomic E-state index is 0. The number of carbonyl (C=O) groups is 1. The Balaban J connectivity index is 0.00000225. The van der Waals surface area contributed by atoms with Crippen LogP contribution in [0.4, 0.5) is 5.82 Å². The summed E-state index contributed by atoms with van der Waals surface area (Å²) in [4.78, 5) is 12.9. The zero-order valence-electron chi connectivity index (χ0n) is 15.4. The van der Waals surface area contributed by atoms with Gasteiger partial charge in [-0.3, -0.25) is 9.48 Å². The molecule has 1 saturated heterocycles. The van der Waals surface area contributed by atoms with Gasteiger partial charge in [0.25, 0.3) is 0 Å². The van der Waals surface area contributed by atoms with Crippen LogP contribution in [0.5, 0.6) is 0 Å². The molecule has 4 rings (SSSR count). The van der Waals surface area contributed by atoms with Gasteiger partial charge in [0.2, 0.25) is 5.91 Å². The van der Waals surface area contributed by atoms with E-state index >= 15 is 0 Å². The molecular formula is C19H22Cl2N6O. The second kappa shape index (κ2) is 8.77. The Morgan fingerprint density at radius 2 is 2.04 bits per heavy atom. The first-order chi connectivity index (χ1) is 13.1. The largest absolute Gasteiger partial charge is 0.315 e. The highest BCUT2D eigenvalue weighted by Gasteiger charge is 2.35. The number of hydrogen-bond donors (Lipinski definition) is 2. The quantitative estimate of drug-likeness (QED) is 0.664. The molecule has 0 bridgehead atoms. The van der Waals surface area contributed by atoms with Crippen LogP contribution in [0, 0.1) is 5.92 Å². The predicted molar refractivity (Wildman–Crippen MR) is 111 cm³/mol. The number of aromatic nitrogens is 4. The van der Waals surface area contributed by atoms with Gasteiger partial charge in [-0.2, -0.15) is 10.2 Å². The fraction of sp³-hybridized carbons (Fsp3) is 0.316. The predicted octanol–water partition coefficient (Wildman–Crippen LogP) is 2.68. The Morgan fingerprint density at radius 1 is 1.25 bits per heavy atom. The van der Waals surface area contributed by atoms with Crippen LogP contribution >= 0.6 is 24.0 Å². The lowest BCUT2D eigenvalue weighted by atomic mass is 9.90. The van der Waals surface area contributed by atoms with Gasteiger partial charge < -0.3 is 10.6 Å². The first-order valence-corrected chi connectivity index (χ1v) is 9.24. The maximum absolute atomic E-state index is 12.9. The van der Waals surface area contributed by atoms with Crippen LogP contribution < -0.4 is 10.6 Å². The summed E-state index contributed by atoms with van der Waals surface area (Å²) in [5.41, 5.74) is 2.15. The number of benzene rings is 1. The number of rotatable bonds is 5. The van der Waals surface area contributed by atoms with Gasteiger partial charge in [-0.1, -0.05) is 23.7 Å². The molecule has 1 aliphatic heterocycles. The Bertz CT molecular complexity index is 936. The summed E-state index contributed by atoms with van der Waals surface area (Å²) in [6.07, 6.45) is 5.50. The molecule has 1 aromatic carbocycles. The van der Waals surface area contributed by atoms with Gasteiger partial charge in [0.05, 0.1) is 24.9 Å². The minimum Gasteiger partial charge on any atom is -0.315 e. The lowest BCUT2D eigenvalue weighted by Crippen LogP contribution is -2.29. The summed E-state index contributed by atoms with van der Waals surface area (Å²) in [7, 11) is 1.89. The molecule has 2 N–H and O–H groups in total. The van der Waals surface area contributed by atoms with Crippen molar-refractivity contribution in [1.82, 2.24) is 24.9 Å². The summed E-state index contributed by atoms with van der Waals surface area (Å²) in [5.74, 6) is 0.651. The maximum Gasteiger partial charge on any atom is 0.230 e. The number of anilines is 1. The number of amides is 1. The van der Waals surface area contributed by atoms with Gasteiger partial charge in [0, 0.05) is 43.3 Å². The highest BCUT2D eigenvalue weighted by Crippen LogP contribution is 2.29. The molecule has 0 radical (unpaired) electrons. The van der Waals surface area contributed by atoms with Crippen LogP contribution in [-0.2, 0) is 18.4 Å². The van der Waals surface area contributed by atoms with Gasteiger partial charge in [-0.15, -0.1) is 12.4 Å². The number of nitrogens with one attached hydrogen (secondary N) is 2. The summed E-state index contributed by atoms with van der Waals surface area (Å²) in [6.45, 7) is 1.99. The number of halogens is 2. The van der Waals surface area contributed by atoms with Gasteiger partial charge in [-0.25, -0.2) is 4.68 Å². The SMILES string of the molecule is Cl.Cn1cc([C@H]2CNC[C@@H]2C(=O)Nc2ccnn2Cc2ccc(Cl)cc2)cn1. The number of hydrogen-bond acceptors (Lipinski definition) is 4. The lowest BCUT2D eigenvalue weighted by molar-refractivity contribution is -0.119. The highest BCUT2D eigenvalue weighted by molar-refractivity contribution is 6.30. The van der Waals surface area contributed by atoms with Crippen molar-refractivity contribution in [2.75, 3.05) is 18.4 Å². The van der Waals surface area contributed by atoms with Gasteiger partial charge in [0.1, 0.15) is 5.82 Å². The van der Waals surface area contributed by atoms with Crippen molar-refractivity contribution in [2.24, 2.45) is 13.0 Å². The molecule has 1 fully saturated rings. The minimum atomic E-state index is -0.145. The van der Waals surface area contributed by atoms with E-state index < -0.39 is 0 Å². The fourth-order valence-electron chi connectivity index (χ4n) is 3.48. The summed E-state index contributed by atoms with van der Waals surface area (Å²) in [5, 5.41) is 15.6. The summed E-state index contributed by atoms with van der Waals surface area (Å²) < 4.78 is 3.55. The third kappa shape index (κ3) is 4.38. The Labute approximate surface area is 174 Å². The van der Waals surface area contributed by atoms with Gasteiger partial charge in [0.15, 0.2) is 0 Å². The van der Waals surface area contributed by atoms with E-state index in [1.165, 1.54) is 0 Å². The molecule has 7 nitrogen and oxygen atoms in total. The molecule has 0 spiro atoms. The first kappa shape index (κ1) is 20.4. The van der Waals surface area contributed by atoms with E-state index in [1.54, 1.807) is 15.6 Å². The van der Waals surface area contributed by atoms with Gasteiger partial charge >= 0.3 is 0 Å². The van der Waals surface area contributed by atoms with E-state index in [4.69, 9.17) is 11.6 Å². The lowest BCUT2D eigenvalue weighted by Gasteiger charge is -2.17. The third-order valence-electron chi connectivity index (χ3n) is 4.92. The van der Waals surface area contributed by atoms with Crippen LogP contribution in [0.25, 0.3) is 0 Å². The van der Waals surface area contributed by atoms with E-state index in [2.05, 4.69) is 20.8 Å². The smallest absolute Gasteiger partial charge is 0.230 e. The molecule has 3 aromatic rings. The van der Waals surface area contributed by atoms with E-state index in [-0.39, 0.29) is 30.2 Å². The molecule has 0 aliphatic carbocycles.